The first kappa shape index (κ1) is 10.2. The Hall–Kier alpha value is -0.851. The third kappa shape index (κ3) is 3.17. The Balaban J connectivity index is 2.66. The van der Waals surface area contributed by atoms with Gasteiger partial charge in [-0.15, -0.1) is 0 Å². The van der Waals surface area contributed by atoms with Crippen LogP contribution in [0.5, 0.6) is 0 Å². The molecule has 0 heterocycles. The third-order valence-electron chi connectivity index (χ3n) is 1.62. The molecule has 0 bridgehead atoms. The first-order valence-corrected chi connectivity index (χ1v) is 6.15. The van der Waals surface area contributed by atoms with Gasteiger partial charge >= 0.3 is 84.7 Å². The molecule has 0 spiro atoms. The van der Waals surface area contributed by atoms with E-state index in [0.717, 1.165) is 10.9 Å². The van der Waals surface area contributed by atoms with Gasteiger partial charge in [0.25, 0.3) is 0 Å². The maximum absolute atomic E-state index is 11.5. The minimum atomic E-state index is 0.0248. The molecule has 0 radical (unpaired) electrons. The molecule has 0 aliphatic carbocycles. The minimum absolute atomic E-state index is 0.0248. The Bertz CT molecular complexity index is 300. The monoisotopic (exact) mass is 240 g/mol. The van der Waals surface area contributed by atoms with E-state index >= 15 is 0 Å². The van der Waals surface area contributed by atoms with E-state index < -0.39 is 0 Å². The van der Waals surface area contributed by atoms with Crippen LogP contribution in [0.3, 0.4) is 0 Å². The van der Waals surface area contributed by atoms with Crippen LogP contribution in [0.4, 0.5) is 0 Å². The van der Waals surface area contributed by atoms with Crippen LogP contribution < -0.4 is 0 Å². The Labute approximate surface area is 85.0 Å². The summed E-state index contributed by atoms with van der Waals surface area (Å²) in [5.41, 5.74) is 2.01. The molecular weight excluding hydrogens is 227 g/mol. The number of carbonyl (C=O) groups excluding carboxylic acids is 1. The van der Waals surface area contributed by atoms with E-state index in [1.165, 1.54) is 5.56 Å². The molecule has 2 heteroatoms. The number of hydrogen-bond acceptors (Lipinski definition) is 1. The van der Waals surface area contributed by atoms with E-state index in [1.54, 1.807) is 6.08 Å². The van der Waals surface area contributed by atoms with Gasteiger partial charge in [-0.2, -0.15) is 0 Å². The molecular formula is C11H12OSe. The van der Waals surface area contributed by atoms with Gasteiger partial charge in [0.15, 0.2) is 0 Å². The predicted octanol–water partition coefficient (Wildman–Crippen LogP) is 2.44. The van der Waals surface area contributed by atoms with Gasteiger partial charge in [0, 0.05) is 0 Å². The fraction of sp³-hybridized carbons (Fsp3) is 0.182. The average molecular weight is 239 g/mol. The summed E-state index contributed by atoms with van der Waals surface area (Å²) in [5.74, 6) is 0. The molecule has 1 aromatic carbocycles. The summed E-state index contributed by atoms with van der Waals surface area (Å²) in [7, 11) is 0. The van der Waals surface area contributed by atoms with Crippen molar-refractivity contribution in [1.82, 2.24) is 0 Å². The molecule has 0 saturated carbocycles. The van der Waals surface area contributed by atoms with Crippen molar-refractivity contribution in [2.75, 3.05) is 0 Å². The number of carbonyl (C=O) groups is 1. The number of aryl methyl sites for hydroxylation is 1. The van der Waals surface area contributed by atoms with Crippen LogP contribution in [-0.2, 0) is 0 Å². The van der Waals surface area contributed by atoms with Crippen LogP contribution in [0.2, 0.25) is 5.32 Å². The zero-order valence-corrected chi connectivity index (χ0v) is 9.33. The zero-order valence-electron chi connectivity index (χ0n) is 7.62. The molecule has 68 valence electrons. The van der Waals surface area contributed by atoms with E-state index in [9.17, 15) is 4.79 Å². The summed E-state index contributed by atoms with van der Waals surface area (Å²) in [6.07, 6.45) is 1.80. The van der Waals surface area contributed by atoms with Crippen LogP contribution in [0.15, 0.2) is 36.9 Å². The SMILES string of the molecule is C=CC[Se]C(=O)c1ccc(C)cc1. The van der Waals surface area contributed by atoms with E-state index in [1.807, 2.05) is 31.2 Å². The van der Waals surface area contributed by atoms with Crippen molar-refractivity contribution in [3.63, 3.8) is 0 Å². The number of rotatable bonds is 4. The zero-order chi connectivity index (χ0) is 9.68. The summed E-state index contributed by atoms with van der Waals surface area (Å²) in [6.45, 7) is 5.62. The first-order valence-electron chi connectivity index (χ1n) is 4.08. The summed E-state index contributed by atoms with van der Waals surface area (Å²) in [4.78, 5) is 11.5. The fourth-order valence-corrected chi connectivity index (χ4v) is 2.11. The first-order chi connectivity index (χ1) is 6.24. The van der Waals surface area contributed by atoms with Gasteiger partial charge in [0.2, 0.25) is 0 Å². The Morgan fingerprint density at radius 2 is 2.08 bits per heavy atom. The summed E-state index contributed by atoms with van der Waals surface area (Å²) >= 11 is 0.0248. The second kappa shape index (κ2) is 5.00. The molecule has 0 amide bonds. The second-order valence-corrected chi connectivity index (χ2v) is 4.84. The predicted molar refractivity (Wildman–Crippen MR) is 56.3 cm³/mol. The van der Waals surface area contributed by atoms with Crippen LogP contribution in [-0.4, -0.2) is 19.6 Å². The molecule has 0 saturated heterocycles. The normalized spacial score (nSPS) is 9.62. The molecule has 0 aliphatic rings. The van der Waals surface area contributed by atoms with Crippen molar-refractivity contribution in [3.8, 4) is 0 Å². The van der Waals surface area contributed by atoms with Gasteiger partial charge in [-0.1, -0.05) is 0 Å². The molecule has 13 heavy (non-hydrogen) atoms. The van der Waals surface area contributed by atoms with Gasteiger partial charge in [0.1, 0.15) is 0 Å². The average Bonchev–Trinajstić information content (AvgIpc) is 2.15. The Morgan fingerprint density at radius 1 is 1.46 bits per heavy atom. The van der Waals surface area contributed by atoms with Gasteiger partial charge in [-0.05, 0) is 0 Å². The van der Waals surface area contributed by atoms with Crippen molar-refractivity contribution in [2.45, 2.75) is 12.2 Å². The molecule has 0 unspecified atom stereocenters. The molecule has 0 aromatic heterocycles. The van der Waals surface area contributed by atoms with Crippen molar-refractivity contribution in [1.29, 1.82) is 0 Å². The van der Waals surface area contributed by atoms with Crippen molar-refractivity contribution < 1.29 is 4.79 Å². The van der Waals surface area contributed by atoms with Crippen molar-refractivity contribution in [2.24, 2.45) is 0 Å². The second-order valence-electron chi connectivity index (χ2n) is 2.75. The van der Waals surface area contributed by atoms with E-state index in [2.05, 4.69) is 6.58 Å². The quantitative estimate of drug-likeness (QED) is 0.582. The van der Waals surface area contributed by atoms with E-state index in [4.69, 9.17) is 0 Å². The van der Waals surface area contributed by atoms with Crippen LogP contribution in [0, 0.1) is 6.92 Å². The molecule has 1 nitrogen and oxygen atoms in total. The fourth-order valence-electron chi connectivity index (χ4n) is 0.908. The Morgan fingerprint density at radius 3 is 2.62 bits per heavy atom. The van der Waals surface area contributed by atoms with Gasteiger partial charge in [-0.25, -0.2) is 0 Å². The van der Waals surface area contributed by atoms with Gasteiger partial charge in [0.05, 0.1) is 0 Å². The van der Waals surface area contributed by atoms with Crippen molar-refractivity contribution >= 4 is 19.6 Å². The summed E-state index contributed by atoms with van der Waals surface area (Å²) < 4.78 is 0.257. The molecule has 1 rings (SSSR count). The number of hydrogen-bond donors (Lipinski definition) is 0. The van der Waals surface area contributed by atoms with Gasteiger partial charge < -0.3 is 0 Å². The van der Waals surface area contributed by atoms with E-state index in [0.29, 0.717) is 0 Å². The number of allylic oxidation sites excluding steroid dienone is 1. The Kier molecular flexibility index (Phi) is 3.94. The molecule has 0 aliphatic heterocycles. The molecule has 1 aromatic rings. The van der Waals surface area contributed by atoms with Crippen molar-refractivity contribution in [3.05, 3.63) is 48.0 Å². The summed E-state index contributed by atoms with van der Waals surface area (Å²) in [6, 6.07) is 7.72. The molecule has 0 atom stereocenters. The standard InChI is InChI=1S/C11H12OSe/c1-3-8-13-11(12)10-6-4-9(2)5-7-10/h3-7H,1,8H2,2H3. The third-order valence-corrected chi connectivity index (χ3v) is 3.51. The van der Waals surface area contributed by atoms with E-state index in [-0.39, 0.29) is 19.6 Å². The topological polar surface area (TPSA) is 17.1 Å². The van der Waals surface area contributed by atoms with Crippen LogP contribution in [0.25, 0.3) is 0 Å². The van der Waals surface area contributed by atoms with Gasteiger partial charge in [-0.3, -0.25) is 0 Å². The van der Waals surface area contributed by atoms with Crippen LogP contribution in [0.1, 0.15) is 15.9 Å². The maximum atomic E-state index is 11.5. The van der Waals surface area contributed by atoms with Crippen LogP contribution >= 0.6 is 0 Å². The molecule has 0 N–H and O–H groups in total. The summed E-state index contributed by atoms with van der Waals surface area (Å²) in [5, 5.41) is 0.819. The number of benzene rings is 1. The molecule has 0 fully saturated rings.